The first-order valence-corrected chi connectivity index (χ1v) is 6.83. The van der Waals surface area contributed by atoms with E-state index in [1.165, 1.54) is 0 Å². The number of aliphatic hydroxyl groups is 1. The van der Waals surface area contributed by atoms with Gasteiger partial charge in [-0.25, -0.2) is 8.42 Å². The van der Waals surface area contributed by atoms with Crippen molar-refractivity contribution >= 4 is 10.0 Å². The Labute approximate surface area is 86.0 Å². The number of nitrogens with zero attached hydrogens (tertiary/aromatic N) is 1. The topological polar surface area (TPSA) is 57.6 Å². The molecule has 1 aliphatic rings. The van der Waals surface area contributed by atoms with Crippen LogP contribution in [-0.4, -0.2) is 42.8 Å². The van der Waals surface area contributed by atoms with Gasteiger partial charge in [-0.15, -0.1) is 0 Å². The minimum absolute atomic E-state index is 0.0266. The lowest BCUT2D eigenvalue weighted by Gasteiger charge is -2.34. The summed E-state index contributed by atoms with van der Waals surface area (Å²) in [7, 11) is -3.07. The molecule has 1 unspecified atom stereocenters. The van der Waals surface area contributed by atoms with Gasteiger partial charge in [0.1, 0.15) is 0 Å². The van der Waals surface area contributed by atoms with Crippen LogP contribution in [0.1, 0.15) is 32.6 Å². The standard InChI is InChI=1S/C9H19NO3S/c1-2-14(12,13)10-7-4-3-5-9(10)6-8-11/h9,11H,2-8H2,1H3. The van der Waals surface area contributed by atoms with Crippen molar-refractivity contribution in [2.45, 2.75) is 38.6 Å². The first-order chi connectivity index (χ1) is 6.61. The van der Waals surface area contributed by atoms with Crippen molar-refractivity contribution in [3.05, 3.63) is 0 Å². The van der Waals surface area contributed by atoms with Crippen molar-refractivity contribution in [3.63, 3.8) is 0 Å². The molecule has 1 rings (SSSR count). The predicted molar refractivity (Wildman–Crippen MR) is 55.5 cm³/mol. The lowest BCUT2D eigenvalue weighted by atomic mass is 10.0. The highest BCUT2D eigenvalue weighted by molar-refractivity contribution is 7.89. The highest BCUT2D eigenvalue weighted by Crippen LogP contribution is 2.22. The molecule has 0 radical (unpaired) electrons. The van der Waals surface area contributed by atoms with Gasteiger partial charge in [0, 0.05) is 19.2 Å². The van der Waals surface area contributed by atoms with Crippen LogP contribution in [0.3, 0.4) is 0 Å². The van der Waals surface area contributed by atoms with E-state index in [4.69, 9.17) is 5.11 Å². The van der Waals surface area contributed by atoms with Crippen molar-refractivity contribution in [2.75, 3.05) is 18.9 Å². The molecule has 1 saturated heterocycles. The average Bonchev–Trinajstić information content (AvgIpc) is 2.19. The van der Waals surface area contributed by atoms with E-state index in [1.807, 2.05) is 0 Å². The third-order valence-electron chi connectivity index (χ3n) is 2.76. The van der Waals surface area contributed by atoms with Gasteiger partial charge >= 0.3 is 0 Å². The summed E-state index contributed by atoms with van der Waals surface area (Å²) >= 11 is 0. The molecule has 0 spiro atoms. The summed E-state index contributed by atoms with van der Waals surface area (Å²) in [6, 6.07) is 0.0266. The second-order valence-corrected chi connectivity index (χ2v) is 5.88. The maximum absolute atomic E-state index is 11.7. The molecular weight excluding hydrogens is 202 g/mol. The Bertz CT molecular complexity index is 261. The molecule has 1 atom stereocenters. The Morgan fingerprint density at radius 2 is 2.14 bits per heavy atom. The molecule has 1 N–H and O–H groups in total. The van der Waals surface area contributed by atoms with E-state index in [-0.39, 0.29) is 18.4 Å². The molecule has 1 heterocycles. The van der Waals surface area contributed by atoms with E-state index < -0.39 is 10.0 Å². The van der Waals surface area contributed by atoms with E-state index in [1.54, 1.807) is 11.2 Å². The number of hydrogen-bond donors (Lipinski definition) is 1. The minimum atomic E-state index is -3.07. The number of aliphatic hydroxyl groups excluding tert-OH is 1. The van der Waals surface area contributed by atoms with Gasteiger partial charge in [0.05, 0.1) is 5.75 Å². The third-order valence-corrected chi connectivity index (χ3v) is 4.68. The van der Waals surface area contributed by atoms with Crippen molar-refractivity contribution in [1.82, 2.24) is 4.31 Å². The number of hydrogen-bond acceptors (Lipinski definition) is 3. The van der Waals surface area contributed by atoms with Gasteiger partial charge in [-0.05, 0) is 26.2 Å². The zero-order valence-corrected chi connectivity index (χ0v) is 9.46. The summed E-state index contributed by atoms with van der Waals surface area (Å²) in [5, 5.41) is 8.85. The predicted octanol–water partition coefficient (Wildman–Crippen LogP) is 0.573. The molecule has 84 valence electrons. The van der Waals surface area contributed by atoms with E-state index in [2.05, 4.69) is 0 Å². The molecule has 5 heteroatoms. The first kappa shape index (κ1) is 11.9. The van der Waals surface area contributed by atoms with Crippen LogP contribution in [0.15, 0.2) is 0 Å². The van der Waals surface area contributed by atoms with Crippen LogP contribution < -0.4 is 0 Å². The molecule has 1 aliphatic heterocycles. The van der Waals surface area contributed by atoms with Crippen molar-refractivity contribution in [1.29, 1.82) is 0 Å². The van der Waals surface area contributed by atoms with E-state index >= 15 is 0 Å². The molecule has 0 aromatic carbocycles. The van der Waals surface area contributed by atoms with Crippen LogP contribution in [-0.2, 0) is 10.0 Å². The second-order valence-electron chi connectivity index (χ2n) is 3.67. The monoisotopic (exact) mass is 221 g/mol. The van der Waals surface area contributed by atoms with Crippen molar-refractivity contribution < 1.29 is 13.5 Å². The van der Waals surface area contributed by atoms with Gasteiger partial charge in [-0.3, -0.25) is 0 Å². The van der Waals surface area contributed by atoms with Crippen LogP contribution in [0.5, 0.6) is 0 Å². The Balaban J connectivity index is 2.72. The maximum atomic E-state index is 11.7. The van der Waals surface area contributed by atoms with Crippen LogP contribution in [0.2, 0.25) is 0 Å². The van der Waals surface area contributed by atoms with Gasteiger partial charge in [0.15, 0.2) is 0 Å². The number of rotatable bonds is 4. The Hall–Kier alpha value is -0.130. The van der Waals surface area contributed by atoms with Gasteiger partial charge in [-0.2, -0.15) is 4.31 Å². The lowest BCUT2D eigenvalue weighted by molar-refractivity contribution is 0.192. The molecule has 4 nitrogen and oxygen atoms in total. The SMILES string of the molecule is CCS(=O)(=O)N1CCCCC1CCO. The average molecular weight is 221 g/mol. The third kappa shape index (κ3) is 2.68. The fraction of sp³-hybridized carbons (Fsp3) is 1.00. The lowest BCUT2D eigenvalue weighted by Crippen LogP contribution is -2.44. The normalized spacial score (nSPS) is 25.1. The minimum Gasteiger partial charge on any atom is -0.396 e. The van der Waals surface area contributed by atoms with Crippen molar-refractivity contribution in [2.24, 2.45) is 0 Å². The summed E-state index contributed by atoms with van der Waals surface area (Å²) in [5.74, 6) is 0.162. The van der Waals surface area contributed by atoms with Gasteiger partial charge in [0.25, 0.3) is 0 Å². The van der Waals surface area contributed by atoms with Crippen molar-refractivity contribution in [3.8, 4) is 0 Å². The van der Waals surface area contributed by atoms with Gasteiger partial charge < -0.3 is 5.11 Å². The molecule has 14 heavy (non-hydrogen) atoms. The molecule has 0 aliphatic carbocycles. The fourth-order valence-corrected chi connectivity index (χ4v) is 3.35. The second kappa shape index (κ2) is 5.09. The Kier molecular flexibility index (Phi) is 4.34. The van der Waals surface area contributed by atoms with Crippen LogP contribution in [0.25, 0.3) is 0 Å². The van der Waals surface area contributed by atoms with Gasteiger partial charge in [-0.1, -0.05) is 6.42 Å². The number of sulfonamides is 1. The maximum Gasteiger partial charge on any atom is 0.214 e. The number of piperidine rings is 1. The highest BCUT2D eigenvalue weighted by atomic mass is 32.2. The molecule has 0 aromatic rings. The zero-order chi connectivity index (χ0) is 10.6. The quantitative estimate of drug-likeness (QED) is 0.755. The molecule has 0 amide bonds. The molecular formula is C9H19NO3S. The molecule has 0 saturated carbocycles. The van der Waals surface area contributed by atoms with E-state index in [0.717, 1.165) is 19.3 Å². The van der Waals surface area contributed by atoms with Crippen LogP contribution in [0.4, 0.5) is 0 Å². The van der Waals surface area contributed by atoms with Crippen LogP contribution in [0, 0.1) is 0 Å². The molecule has 0 bridgehead atoms. The summed E-state index contributed by atoms with van der Waals surface area (Å²) in [4.78, 5) is 0. The van der Waals surface area contributed by atoms with E-state index in [0.29, 0.717) is 13.0 Å². The molecule has 0 aromatic heterocycles. The summed E-state index contributed by atoms with van der Waals surface area (Å²) in [6.45, 7) is 2.36. The van der Waals surface area contributed by atoms with E-state index in [9.17, 15) is 8.42 Å². The Morgan fingerprint density at radius 1 is 1.43 bits per heavy atom. The Morgan fingerprint density at radius 3 is 2.71 bits per heavy atom. The van der Waals surface area contributed by atoms with Crippen LogP contribution >= 0.6 is 0 Å². The molecule has 1 fully saturated rings. The highest BCUT2D eigenvalue weighted by Gasteiger charge is 2.30. The smallest absolute Gasteiger partial charge is 0.214 e. The summed E-state index contributed by atoms with van der Waals surface area (Å²) in [6.07, 6.45) is 3.47. The zero-order valence-electron chi connectivity index (χ0n) is 8.65. The fourth-order valence-electron chi connectivity index (χ4n) is 1.94. The largest absolute Gasteiger partial charge is 0.396 e. The first-order valence-electron chi connectivity index (χ1n) is 5.22. The van der Waals surface area contributed by atoms with Gasteiger partial charge in [0.2, 0.25) is 10.0 Å². The summed E-state index contributed by atoms with van der Waals surface area (Å²) < 4.78 is 24.9. The summed E-state index contributed by atoms with van der Waals surface area (Å²) in [5.41, 5.74) is 0.